The fourth-order valence-corrected chi connectivity index (χ4v) is 2.55. The lowest BCUT2D eigenvalue weighted by Gasteiger charge is -2.04. The normalized spacial score (nSPS) is 14.2. The standard InChI is InChI=1S/C14H15N/c1-10-9-15-14-12(10)8-4-6-11-5-2-3-7-13(11)14/h2-3,5,7,9,15H,4,6,8H2,1H3. The van der Waals surface area contributed by atoms with E-state index in [-0.39, 0.29) is 0 Å². The molecule has 3 rings (SSSR count). The zero-order chi connectivity index (χ0) is 10.3. The van der Waals surface area contributed by atoms with E-state index in [1.54, 1.807) is 0 Å². The van der Waals surface area contributed by atoms with Crippen LogP contribution in [0.25, 0.3) is 11.3 Å². The minimum absolute atomic E-state index is 1.21. The molecule has 0 saturated heterocycles. The van der Waals surface area contributed by atoms with Gasteiger partial charge in [-0.1, -0.05) is 24.3 Å². The summed E-state index contributed by atoms with van der Waals surface area (Å²) in [5.74, 6) is 0. The van der Waals surface area contributed by atoms with Crippen LogP contribution in [0.1, 0.15) is 23.1 Å². The van der Waals surface area contributed by atoms with Gasteiger partial charge in [0.2, 0.25) is 0 Å². The van der Waals surface area contributed by atoms with Crippen molar-refractivity contribution in [3.63, 3.8) is 0 Å². The lowest BCUT2D eigenvalue weighted by atomic mass is 10.0. The first kappa shape index (κ1) is 8.78. The third kappa shape index (κ3) is 1.30. The Labute approximate surface area is 90.2 Å². The molecule has 2 aromatic rings. The minimum atomic E-state index is 1.21. The first-order valence-electron chi connectivity index (χ1n) is 5.61. The van der Waals surface area contributed by atoms with Crippen molar-refractivity contribution in [2.45, 2.75) is 26.2 Å². The molecule has 1 aromatic heterocycles. The summed E-state index contributed by atoms with van der Waals surface area (Å²) in [5.41, 5.74) is 7.15. The van der Waals surface area contributed by atoms with Gasteiger partial charge in [0.05, 0.1) is 0 Å². The Balaban J connectivity index is 2.27. The number of benzene rings is 1. The summed E-state index contributed by atoms with van der Waals surface area (Å²) in [6.07, 6.45) is 5.81. The summed E-state index contributed by atoms with van der Waals surface area (Å²) in [4.78, 5) is 3.42. The minimum Gasteiger partial charge on any atom is -0.361 e. The number of hydrogen-bond acceptors (Lipinski definition) is 0. The van der Waals surface area contributed by atoms with E-state index in [4.69, 9.17) is 0 Å². The summed E-state index contributed by atoms with van der Waals surface area (Å²) in [6.45, 7) is 2.20. The van der Waals surface area contributed by atoms with Crippen LogP contribution >= 0.6 is 0 Å². The molecule has 76 valence electrons. The van der Waals surface area contributed by atoms with Crippen LogP contribution in [0.5, 0.6) is 0 Å². The first-order chi connectivity index (χ1) is 7.36. The monoisotopic (exact) mass is 197 g/mol. The molecule has 1 aromatic carbocycles. The van der Waals surface area contributed by atoms with E-state index in [1.807, 2.05) is 0 Å². The molecule has 0 atom stereocenters. The number of fused-ring (bicyclic) bond motifs is 3. The molecule has 0 bridgehead atoms. The molecule has 0 aliphatic heterocycles. The number of aromatic amines is 1. The van der Waals surface area contributed by atoms with Crippen LogP contribution in [-0.2, 0) is 12.8 Å². The number of rotatable bonds is 0. The molecule has 0 unspecified atom stereocenters. The maximum Gasteiger partial charge on any atom is 0.0491 e. The second kappa shape index (κ2) is 3.27. The van der Waals surface area contributed by atoms with Crippen molar-refractivity contribution in [3.8, 4) is 11.3 Å². The Morgan fingerprint density at radius 1 is 1.13 bits per heavy atom. The van der Waals surface area contributed by atoms with Gasteiger partial charge in [-0.25, -0.2) is 0 Å². The van der Waals surface area contributed by atoms with E-state index in [1.165, 1.54) is 47.2 Å². The number of aromatic nitrogens is 1. The van der Waals surface area contributed by atoms with Gasteiger partial charge in [-0.2, -0.15) is 0 Å². The van der Waals surface area contributed by atoms with Crippen LogP contribution < -0.4 is 0 Å². The quantitative estimate of drug-likeness (QED) is 0.665. The highest BCUT2D eigenvalue weighted by atomic mass is 14.7. The van der Waals surface area contributed by atoms with E-state index >= 15 is 0 Å². The second-order valence-electron chi connectivity index (χ2n) is 4.34. The maximum absolute atomic E-state index is 3.42. The van der Waals surface area contributed by atoms with Crippen LogP contribution in [-0.4, -0.2) is 4.98 Å². The lowest BCUT2D eigenvalue weighted by molar-refractivity contribution is 0.832. The fraction of sp³-hybridized carbons (Fsp3) is 0.286. The van der Waals surface area contributed by atoms with Crippen molar-refractivity contribution in [3.05, 3.63) is 47.2 Å². The van der Waals surface area contributed by atoms with Gasteiger partial charge >= 0.3 is 0 Å². The molecule has 1 heteroatoms. The van der Waals surface area contributed by atoms with E-state index in [0.29, 0.717) is 0 Å². The molecular weight excluding hydrogens is 182 g/mol. The van der Waals surface area contributed by atoms with Crippen molar-refractivity contribution in [2.75, 3.05) is 0 Å². The molecule has 1 nitrogen and oxygen atoms in total. The summed E-state index contributed by atoms with van der Waals surface area (Å²) in [7, 11) is 0. The van der Waals surface area contributed by atoms with Gasteiger partial charge < -0.3 is 4.98 Å². The first-order valence-corrected chi connectivity index (χ1v) is 5.61. The Hall–Kier alpha value is -1.50. The van der Waals surface area contributed by atoms with Gasteiger partial charge in [0.1, 0.15) is 0 Å². The van der Waals surface area contributed by atoms with Crippen molar-refractivity contribution in [2.24, 2.45) is 0 Å². The van der Waals surface area contributed by atoms with Crippen LogP contribution in [0.4, 0.5) is 0 Å². The van der Waals surface area contributed by atoms with E-state index < -0.39 is 0 Å². The smallest absolute Gasteiger partial charge is 0.0491 e. The Bertz CT molecular complexity index is 494. The summed E-state index contributed by atoms with van der Waals surface area (Å²) in [6, 6.07) is 8.75. The number of hydrogen-bond donors (Lipinski definition) is 1. The third-order valence-corrected chi connectivity index (χ3v) is 3.37. The molecule has 15 heavy (non-hydrogen) atoms. The van der Waals surface area contributed by atoms with Gasteiger partial charge in [0.25, 0.3) is 0 Å². The van der Waals surface area contributed by atoms with Crippen LogP contribution in [0.3, 0.4) is 0 Å². The highest BCUT2D eigenvalue weighted by Gasteiger charge is 2.16. The van der Waals surface area contributed by atoms with E-state index in [2.05, 4.69) is 42.4 Å². The Morgan fingerprint density at radius 3 is 2.93 bits per heavy atom. The molecule has 0 spiro atoms. The third-order valence-electron chi connectivity index (χ3n) is 3.37. The number of nitrogens with one attached hydrogen (secondary N) is 1. The van der Waals surface area contributed by atoms with Crippen molar-refractivity contribution < 1.29 is 0 Å². The number of H-pyrrole nitrogens is 1. The number of aryl methyl sites for hydroxylation is 2. The Kier molecular flexibility index (Phi) is 1.91. The topological polar surface area (TPSA) is 15.8 Å². The summed E-state index contributed by atoms with van der Waals surface area (Å²) in [5, 5.41) is 0. The average Bonchev–Trinajstić information content (AvgIpc) is 2.53. The van der Waals surface area contributed by atoms with Gasteiger partial charge in [0, 0.05) is 17.5 Å². The molecule has 1 heterocycles. The van der Waals surface area contributed by atoms with E-state index in [9.17, 15) is 0 Å². The zero-order valence-corrected chi connectivity index (χ0v) is 9.01. The van der Waals surface area contributed by atoms with Gasteiger partial charge in [-0.15, -0.1) is 0 Å². The van der Waals surface area contributed by atoms with Crippen molar-refractivity contribution in [1.82, 2.24) is 4.98 Å². The molecule has 1 N–H and O–H groups in total. The average molecular weight is 197 g/mol. The maximum atomic E-state index is 3.42. The van der Waals surface area contributed by atoms with Gasteiger partial charge in [-0.3, -0.25) is 0 Å². The van der Waals surface area contributed by atoms with Crippen LogP contribution in [0.15, 0.2) is 30.5 Å². The van der Waals surface area contributed by atoms with Crippen LogP contribution in [0, 0.1) is 6.92 Å². The SMILES string of the molecule is Cc1c[nH]c2c1CCCc1ccccc1-2. The Morgan fingerprint density at radius 2 is 2.00 bits per heavy atom. The highest BCUT2D eigenvalue weighted by Crippen LogP contribution is 2.32. The molecule has 0 fully saturated rings. The fourth-order valence-electron chi connectivity index (χ4n) is 2.55. The largest absolute Gasteiger partial charge is 0.361 e. The zero-order valence-electron chi connectivity index (χ0n) is 9.01. The second-order valence-corrected chi connectivity index (χ2v) is 4.34. The molecule has 1 aliphatic carbocycles. The molecular formula is C14H15N. The predicted octanol–water partition coefficient (Wildman–Crippen LogP) is 3.48. The van der Waals surface area contributed by atoms with Crippen molar-refractivity contribution in [1.29, 1.82) is 0 Å². The van der Waals surface area contributed by atoms with Gasteiger partial charge in [-0.05, 0) is 42.9 Å². The summed E-state index contributed by atoms with van der Waals surface area (Å²) < 4.78 is 0. The van der Waals surface area contributed by atoms with Crippen molar-refractivity contribution >= 4 is 0 Å². The molecule has 0 radical (unpaired) electrons. The molecule has 1 aliphatic rings. The summed E-state index contributed by atoms with van der Waals surface area (Å²) >= 11 is 0. The lowest BCUT2D eigenvalue weighted by Crippen LogP contribution is -1.86. The predicted molar refractivity (Wildman–Crippen MR) is 63.0 cm³/mol. The van der Waals surface area contributed by atoms with Gasteiger partial charge in [0.15, 0.2) is 0 Å². The van der Waals surface area contributed by atoms with Crippen LogP contribution in [0.2, 0.25) is 0 Å². The van der Waals surface area contributed by atoms with E-state index in [0.717, 1.165) is 0 Å². The molecule has 0 amide bonds. The highest BCUT2D eigenvalue weighted by molar-refractivity contribution is 5.69. The molecule has 0 saturated carbocycles.